The molecule has 0 atom stereocenters. The van der Waals surface area contributed by atoms with Crippen molar-refractivity contribution in [3.63, 3.8) is 0 Å². The fourth-order valence-electron chi connectivity index (χ4n) is 1.37. The van der Waals surface area contributed by atoms with Crippen LogP contribution >= 0.6 is 62.1 Å². The fourth-order valence-corrected chi connectivity index (χ4v) is 3.45. The predicted molar refractivity (Wildman–Crippen MR) is 81.3 cm³/mol. The van der Waals surface area contributed by atoms with Gasteiger partial charge in [0.2, 0.25) is 5.78 Å². The fraction of sp³-hybridized carbons (Fsp3) is 0. The second-order valence-corrected chi connectivity index (χ2v) is 6.72. The van der Waals surface area contributed by atoms with Crippen LogP contribution in [-0.2, 0) is 0 Å². The number of ketones is 1. The Hall–Kier alpha value is -0.260. The molecule has 2 nitrogen and oxygen atoms in total. The highest BCUT2D eigenvalue weighted by molar-refractivity contribution is 9.10. The molecule has 1 aromatic carbocycles. The van der Waals surface area contributed by atoms with Crippen molar-refractivity contribution in [1.29, 1.82) is 0 Å². The molecular formula is C11H5BrCl3NOS. The molecule has 0 bridgehead atoms. The Morgan fingerprint density at radius 3 is 2.44 bits per heavy atom. The molecular weight excluding hydrogens is 380 g/mol. The van der Waals surface area contributed by atoms with Gasteiger partial charge in [0.25, 0.3) is 0 Å². The summed E-state index contributed by atoms with van der Waals surface area (Å²) in [7, 11) is 0. The van der Waals surface area contributed by atoms with Gasteiger partial charge >= 0.3 is 0 Å². The van der Waals surface area contributed by atoms with Crippen LogP contribution in [0.1, 0.15) is 15.2 Å². The molecule has 7 heteroatoms. The Kier molecular flexibility index (Phi) is 4.24. The van der Waals surface area contributed by atoms with E-state index in [4.69, 9.17) is 40.5 Å². The molecule has 2 aromatic rings. The molecule has 1 aromatic heterocycles. The number of carbonyl (C=O) groups excluding carboxylic acids is 1. The van der Waals surface area contributed by atoms with E-state index < -0.39 is 0 Å². The zero-order valence-corrected chi connectivity index (χ0v) is 13.3. The minimum absolute atomic E-state index is 0.191. The van der Waals surface area contributed by atoms with E-state index in [-0.39, 0.29) is 21.4 Å². The first-order valence-corrected chi connectivity index (χ1v) is 7.38. The minimum atomic E-state index is -0.258. The monoisotopic (exact) mass is 383 g/mol. The molecule has 0 saturated carbocycles. The van der Waals surface area contributed by atoms with Gasteiger partial charge in [0, 0.05) is 15.7 Å². The van der Waals surface area contributed by atoms with Crippen molar-refractivity contribution in [1.82, 2.24) is 0 Å². The van der Waals surface area contributed by atoms with Crippen LogP contribution in [0.3, 0.4) is 0 Å². The number of nitrogen functional groups attached to an aromatic ring is 1. The Balaban J connectivity index is 2.52. The van der Waals surface area contributed by atoms with Crippen molar-refractivity contribution < 1.29 is 4.79 Å². The van der Waals surface area contributed by atoms with Crippen LogP contribution in [0.15, 0.2) is 22.7 Å². The molecule has 2 rings (SSSR count). The highest BCUT2D eigenvalue weighted by Gasteiger charge is 2.19. The molecule has 0 aliphatic rings. The third kappa shape index (κ3) is 2.68. The molecule has 0 spiro atoms. The van der Waals surface area contributed by atoms with Gasteiger partial charge < -0.3 is 5.73 Å². The lowest BCUT2D eigenvalue weighted by Gasteiger charge is -2.05. The highest BCUT2D eigenvalue weighted by atomic mass is 79.9. The lowest BCUT2D eigenvalue weighted by Crippen LogP contribution is -2.01. The van der Waals surface area contributed by atoms with Gasteiger partial charge in [-0.2, -0.15) is 0 Å². The lowest BCUT2D eigenvalue weighted by atomic mass is 10.1. The zero-order valence-electron chi connectivity index (χ0n) is 8.64. The third-order valence-corrected chi connectivity index (χ3v) is 5.44. The lowest BCUT2D eigenvalue weighted by molar-refractivity contribution is 0.104. The molecule has 0 fully saturated rings. The van der Waals surface area contributed by atoms with Gasteiger partial charge in [0.1, 0.15) is 4.34 Å². The van der Waals surface area contributed by atoms with Crippen LogP contribution in [0.25, 0.3) is 0 Å². The van der Waals surface area contributed by atoms with Crippen LogP contribution < -0.4 is 5.73 Å². The standard InChI is InChI=1S/C11H5BrCl3NOS/c12-6-3-8(18-11(6)15)10(17)5-1-4(16)2-7(13)9(5)14/h1-3H,16H2. The van der Waals surface area contributed by atoms with Gasteiger partial charge in [0.05, 0.1) is 14.9 Å². The minimum Gasteiger partial charge on any atom is -0.399 e. The smallest absolute Gasteiger partial charge is 0.204 e. The summed E-state index contributed by atoms with van der Waals surface area (Å²) < 4.78 is 1.17. The third-order valence-electron chi connectivity index (χ3n) is 2.16. The van der Waals surface area contributed by atoms with E-state index in [2.05, 4.69) is 15.9 Å². The summed E-state index contributed by atoms with van der Waals surface area (Å²) in [6.45, 7) is 0. The zero-order chi connectivity index (χ0) is 13.4. The summed E-state index contributed by atoms with van der Waals surface area (Å²) in [5.41, 5.74) is 6.31. The van der Waals surface area contributed by atoms with E-state index in [9.17, 15) is 4.79 Å². The molecule has 0 unspecified atom stereocenters. The van der Waals surface area contributed by atoms with Gasteiger partial charge in [-0.15, -0.1) is 11.3 Å². The molecule has 18 heavy (non-hydrogen) atoms. The quantitative estimate of drug-likeness (QED) is 0.564. The van der Waals surface area contributed by atoms with Crippen molar-refractivity contribution in [2.75, 3.05) is 5.73 Å². The predicted octanol–water partition coefficient (Wildman–Crippen LogP) is 5.28. The Morgan fingerprint density at radius 2 is 1.89 bits per heavy atom. The average molecular weight is 385 g/mol. The van der Waals surface area contributed by atoms with Gasteiger partial charge in [0.15, 0.2) is 0 Å². The van der Waals surface area contributed by atoms with Gasteiger partial charge in [-0.25, -0.2) is 0 Å². The second kappa shape index (κ2) is 5.39. The molecule has 1 heterocycles. The first-order chi connectivity index (χ1) is 8.40. The normalized spacial score (nSPS) is 10.7. The van der Waals surface area contributed by atoms with Crippen molar-refractivity contribution >= 4 is 73.5 Å². The number of rotatable bonds is 2. The maximum atomic E-state index is 12.3. The summed E-state index contributed by atoms with van der Waals surface area (Å²) in [5.74, 6) is -0.258. The first-order valence-electron chi connectivity index (χ1n) is 4.64. The van der Waals surface area contributed by atoms with Gasteiger partial charge in [-0.3, -0.25) is 4.79 Å². The largest absolute Gasteiger partial charge is 0.399 e. The molecule has 94 valence electrons. The SMILES string of the molecule is Nc1cc(Cl)c(Cl)c(C(=O)c2cc(Br)c(Cl)s2)c1. The van der Waals surface area contributed by atoms with Crippen molar-refractivity contribution in [3.05, 3.63) is 47.5 Å². The van der Waals surface area contributed by atoms with Crippen LogP contribution in [0, 0.1) is 0 Å². The van der Waals surface area contributed by atoms with E-state index in [0.717, 1.165) is 11.3 Å². The summed E-state index contributed by atoms with van der Waals surface area (Å²) in [6.07, 6.45) is 0. The Bertz CT molecular complexity index is 622. The number of hydrogen-bond acceptors (Lipinski definition) is 3. The van der Waals surface area contributed by atoms with E-state index in [1.54, 1.807) is 6.07 Å². The van der Waals surface area contributed by atoms with Crippen molar-refractivity contribution in [2.24, 2.45) is 0 Å². The van der Waals surface area contributed by atoms with E-state index in [0.29, 0.717) is 19.4 Å². The van der Waals surface area contributed by atoms with Crippen LogP contribution in [0.5, 0.6) is 0 Å². The number of thiophene rings is 1. The first kappa shape index (κ1) is 14.2. The number of carbonyl (C=O) groups is 1. The van der Waals surface area contributed by atoms with Crippen LogP contribution in [-0.4, -0.2) is 5.78 Å². The number of hydrogen-bond donors (Lipinski definition) is 1. The molecule has 0 saturated heterocycles. The molecule has 2 N–H and O–H groups in total. The summed E-state index contributed by atoms with van der Waals surface area (Å²) >= 11 is 22.2. The van der Waals surface area contributed by atoms with Gasteiger partial charge in [-0.1, -0.05) is 34.8 Å². The maximum Gasteiger partial charge on any atom is 0.204 e. The molecule has 0 aliphatic heterocycles. The number of benzene rings is 1. The topological polar surface area (TPSA) is 43.1 Å². The maximum absolute atomic E-state index is 12.3. The number of halogens is 4. The summed E-state index contributed by atoms with van der Waals surface area (Å²) in [5, 5.41) is 0.443. The number of nitrogens with two attached hydrogens (primary N) is 1. The number of anilines is 1. The highest BCUT2D eigenvalue weighted by Crippen LogP contribution is 2.36. The molecule has 0 amide bonds. The summed E-state index contributed by atoms with van der Waals surface area (Å²) in [6, 6.07) is 4.64. The van der Waals surface area contributed by atoms with Crippen LogP contribution in [0.4, 0.5) is 5.69 Å². The Labute approximate surface area is 131 Å². The van der Waals surface area contributed by atoms with E-state index >= 15 is 0 Å². The van der Waals surface area contributed by atoms with E-state index in [1.807, 2.05) is 0 Å². The Morgan fingerprint density at radius 1 is 1.22 bits per heavy atom. The second-order valence-electron chi connectivity index (χ2n) is 3.43. The summed E-state index contributed by atoms with van der Waals surface area (Å²) in [4.78, 5) is 12.7. The average Bonchev–Trinajstić information content (AvgIpc) is 2.63. The van der Waals surface area contributed by atoms with Gasteiger partial charge in [-0.05, 0) is 34.1 Å². The van der Waals surface area contributed by atoms with Crippen LogP contribution in [0.2, 0.25) is 14.4 Å². The van der Waals surface area contributed by atoms with Crippen molar-refractivity contribution in [3.8, 4) is 0 Å². The van der Waals surface area contributed by atoms with E-state index in [1.165, 1.54) is 12.1 Å². The molecule has 0 aliphatic carbocycles. The molecule has 0 radical (unpaired) electrons. The van der Waals surface area contributed by atoms with Crippen molar-refractivity contribution in [2.45, 2.75) is 0 Å².